The van der Waals surface area contributed by atoms with Gasteiger partial charge in [-0.1, -0.05) is 18.2 Å². The fraction of sp³-hybridized carbons (Fsp3) is 0.417. The predicted molar refractivity (Wildman–Crippen MR) is 78.8 cm³/mol. The van der Waals surface area contributed by atoms with E-state index in [2.05, 4.69) is 10.4 Å². The first kappa shape index (κ1) is 14.8. The average molecular weight is 297 g/mol. The zero-order chi connectivity index (χ0) is 14.6. The highest BCUT2D eigenvalue weighted by molar-refractivity contribution is 7.88. The maximum Gasteiger partial charge on any atom is 0.213 e. The molecule has 0 atom stereocenters. The van der Waals surface area contributed by atoms with Gasteiger partial charge in [0, 0.05) is 26.2 Å². The number of para-hydroxylation sites is 1. The van der Waals surface area contributed by atoms with E-state index < -0.39 is 10.0 Å². The number of hydrazine groups is 1. The lowest BCUT2D eigenvalue weighted by molar-refractivity contribution is 0.262. The molecule has 8 heteroatoms. The van der Waals surface area contributed by atoms with Gasteiger partial charge >= 0.3 is 0 Å². The highest BCUT2D eigenvalue weighted by Crippen LogP contribution is 2.12. The van der Waals surface area contributed by atoms with Crippen LogP contribution in [0.15, 0.2) is 35.3 Å². The van der Waals surface area contributed by atoms with Gasteiger partial charge in [-0.05, 0) is 12.1 Å². The summed E-state index contributed by atoms with van der Waals surface area (Å²) in [6.07, 6.45) is 1.23. The number of sulfonamides is 1. The van der Waals surface area contributed by atoms with Crippen LogP contribution in [0.4, 0.5) is 5.69 Å². The van der Waals surface area contributed by atoms with E-state index >= 15 is 0 Å². The van der Waals surface area contributed by atoms with Crippen molar-refractivity contribution in [2.75, 3.05) is 32.4 Å². The predicted octanol–water partition coefficient (Wildman–Crippen LogP) is -0.285. The Morgan fingerprint density at radius 3 is 2.30 bits per heavy atom. The summed E-state index contributed by atoms with van der Waals surface area (Å²) in [5.41, 5.74) is 3.38. The van der Waals surface area contributed by atoms with Crippen molar-refractivity contribution in [3.8, 4) is 0 Å². The quantitative estimate of drug-likeness (QED) is 0.339. The molecule has 0 unspecified atom stereocenters. The molecule has 0 aliphatic carbocycles. The Morgan fingerprint density at radius 1 is 1.20 bits per heavy atom. The molecule has 3 N–H and O–H groups in total. The fourth-order valence-corrected chi connectivity index (χ4v) is 2.88. The number of rotatable bonds is 2. The van der Waals surface area contributed by atoms with Gasteiger partial charge in [-0.3, -0.25) is 5.43 Å². The summed E-state index contributed by atoms with van der Waals surface area (Å²) in [6.45, 7) is 1.99. The molecular weight excluding hydrogens is 278 g/mol. The standard InChI is InChI=1S/C12H19N5O2S/c1-20(18,19)17-9-7-16(8-10-17)12(15-13)14-11-5-3-2-4-6-11/h2-6H,7-10,13H2,1H3,(H,14,15). The lowest BCUT2D eigenvalue weighted by Gasteiger charge is -2.34. The van der Waals surface area contributed by atoms with E-state index in [0.29, 0.717) is 32.1 Å². The summed E-state index contributed by atoms with van der Waals surface area (Å²) in [7, 11) is -3.13. The molecule has 0 saturated carbocycles. The van der Waals surface area contributed by atoms with Crippen LogP contribution < -0.4 is 11.3 Å². The van der Waals surface area contributed by atoms with Gasteiger partial charge in [0.15, 0.2) is 0 Å². The minimum absolute atomic E-state index is 0.439. The third-order valence-electron chi connectivity index (χ3n) is 3.13. The summed E-state index contributed by atoms with van der Waals surface area (Å²) < 4.78 is 24.4. The highest BCUT2D eigenvalue weighted by Gasteiger charge is 2.24. The van der Waals surface area contributed by atoms with Crippen LogP contribution in [0, 0.1) is 0 Å². The molecule has 110 valence electrons. The van der Waals surface area contributed by atoms with Crippen molar-refractivity contribution in [3.63, 3.8) is 0 Å². The molecule has 1 aliphatic heterocycles. The Morgan fingerprint density at radius 2 is 1.80 bits per heavy atom. The molecule has 1 aromatic rings. The van der Waals surface area contributed by atoms with E-state index in [4.69, 9.17) is 5.84 Å². The maximum absolute atomic E-state index is 11.5. The van der Waals surface area contributed by atoms with Gasteiger partial charge < -0.3 is 4.90 Å². The van der Waals surface area contributed by atoms with E-state index in [1.54, 1.807) is 0 Å². The largest absolute Gasteiger partial charge is 0.339 e. The molecule has 1 aromatic carbocycles. The second-order valence-corrected chi connectivity index (χ2v) is 6.55. The van der Waals surface area contributed by atoms with Gasteiger partial charge in [0.2, 0.25) is 16.0 Å². The first-order chi connectivity index (χ1) is 9.50. The van der Waals surface area contributed by atoms with Crippen LogP contribution in [-0.2, 0) is 10.0 Å². The van der Waals surface area contributed by atoms with Crippen molar-refractivity contribution in [2.24, 2.45) is 10.8 Å². The smallest absolute Gasteiger partial charge is 0.213 e. The molecule has 2 rings (SSSR count). The third kappa shape index (κ3) is 3.69. The van der Waals surface area contributed by atoms with Crippen LogP contribution in [-0.4, -0.2) is 56.0 Å². The Hall–Kier alpha value is -1.64. The van der Waals surface area contributed by atoms with Crippen molar-refractivity contribution >= 4 is 21.7 Å². The lowest BCUT2D eigenvalue weighted by Crippen LogP contribution is -2.54. The van der Waals surface area contributed by atoms with Gasteiger partial charge in [-0.25, -0.2) is 19.3 Å². The Balaban J connectivity index is 2.06. The number of hydrogen-bond donors (Lipinski definition) is 2. The van der Waals surface area contributed by atoms with Crippen LogP contribution in [0.1, 0.15) is 0 Å². The second kappa shape index (κ2) is 6.21. The van der Waals surface area contributed by atoms with Gasteiger partial charge in [-0.15, -0.1) is 0 Å². The van der Waals surface area contributed by atoms with E-state index in [-0.39, 0.29) is 0 Å². The molecule has 1 saturated heterocycles. The van der Waals surface area contributed by atoms with Crippen LogP contribution in [0.3, 0.4) is 0 Å². The summed E-state index contributed by atoms with van der Waals surface area (Å²) in [6, 6.07) is 9.47. The number of nitrogens with one attached hydrogen (secondary N) is 1. The molecule has 0 amide bonds. The normalized spacial score (nSPS) is 18.1. The number of guanidine groups is 1. The average Bonchev–Trinajstić information content (AvgIpc) is 2.45. The lowest BCUT2D eigenvalue weighted by atomic mass is 10.3. The number of hydrogen-bond acceptors (Lipinski definition) is 4. The van der Waals surface area contributed by atoms with Crippen molar-refractivity contribution in [1.29, 1.82) is 0 Å². The van der Waals surface area contributed by atoms with Gasteiger partial charge in [-0.2, -0.15) is 4.31 Å². The zero-order valence-corrected chi connectivity index (χ0v) is 12.2. The first-order valence-corrected chi connectivity index (χ1v) is 8.16. The minimum Gasteiger partial charge on any atom is -0.339 e. The van der Waals surface area contributed by atoms with Gasteiger partial charge in [0.25, 0.3) is 0 Å². The summed E-state index contributed by atoms with van der Waals surface area (Å²) in [5.74, 6) is 6.06. The van der Waals surface area contributed by atoms with Crippen LogP contribution in [0.25, 0.3) is 0 Å². The Bertz CT molecular complexity index is 565. The molecule has 0 spiro atoms. The summed E-state index contributed by atoms with van der Waals surface area (Å²) in [5, 5.41) is 0. The number of piperazine rings is 1. The zero-order valence-electron chi connectivity index (χ0n) is 11.4. The van der Waals surface area contributed by atoms with Crippen LogP contribution >= 0.6 is 0 Å². The second-order valence-electron chi connectivity index (χ2n) is 4.56. The molecule has 7 nitrogen and oxygen atoms in total. The third-order valence-corrected chi connectivity index (χ3v) is 4.43. The first-order valence-electron chi connectivity index (χ1n) is 6.31. The molecule has 1 heterocycles. The molecule has 0 radical (unpaired) electrons. The SMILES string of the molecule is CS(=O)(=O)N1CCN(C(=Nc2ccccc2)NN)CC1. The molecule has 1 aliphatic rings. The summed E-state index contributed by atoms with van der Waals surface area (Å²) in [4.78, 5) is 6.37. The fourth-order valence-electron chi connectivity index (χ4n) is 2.05. The molecule has 1 fully saturated rings. The topological polar surface area (TPSA) is 91.0 Å². The highest BCUT2D eigenvalue weighted by atomic mass is 32.2. The van der Waals surface area contributed by atoms with Crippen molar-refractivity contribution < 1.29 is 8.42 Å². The van der Waals surface area contributed by atoms with Crippen molar-refractivity contribution in [2.45, 2.75) is 0 Å². The van der Waals surface area contributed by atoms with Crippen LogP contribution in [0.2, 0.25) is 0 Å². The van der Waals surface area contributed by atoms with Crippen LogP contribution in [0.5, 0.6) is 0 Å². The number of nitrogens with zero attached hydrogens (tertiary/aromatic N) is 3. The van der Waals surface area contributed by atoms with E-state index in [1.807, 2.05) is 35.2 Å². The van der Waals surface area contributed by atoms with E-state index in [1.165, 1.54) is 10.6 Å². The molecular formula is C12H19N5O2S. The molecule has 0 bridgehead atoms. The monoisotopic (exact) mass is 297 g/mol. The van der Waals surface area contributed by atoms with Gasteiger partial charge in [0.1, 0.15) is 0 Å². The Labute approximate surface area is 119 Å². The summed E-state index contributed by atoms with van der Waals surface area (Å²) >= 11 is 0. The number of nitrogens with two attached hydrogens (primary N) is 1. The van der Waals surface area contributed by atoms with E-state index in [9.17, 15) is 8.42 Å². The molecule has 20 heavy (non-hydrogen) atoms. The van der Waals surface area contributed by atoms with Crippen molar-refractivity contribution in [3.05, 3.63) is 30.3 Å². The number of aliphatic imine (C=N–C) groups is 1. The molecule has 0 aromatic heterocycles. The van der Waals surface area contributed by atoms with Crippen molar-refractivity contribution in [1.82, 2.24) is 14.6 Å². The maximum atomic E-state index is 11.5. The minimum atomic E-state index is -3.13. The van der Waals surface area contributed by atoms with E-state index in [0.717, 1.165) is 5.69 Å². The van der Waals surface area contributed by atoms with Gasteiger partial charge in [0.05, 0.1) is 11.9 Å². The Kier molecular flexibility index (Phi) is 4.58. The number of benzene rings is 1.